The summed E-state index contributed by atoms with van der Waals surface area (Å²) in [6.45, 7) is 0. The average Bonchev–Trinajstić information content (AvgIpc) is 2.61. The van der Waals surface area contributed by atoms with Gasteiger partial charge in [-0.1, -0.05) is 42.5 Å². The third-order valence-electron chi connectivity index (χ3n) is 4.18. The minimum absolute atomic E-state index is 0.172. The summed E-state index contributed by atoms with van der Waals surface area (Å²) in [5, 5.41) is 0. The van der Waals surface area contributed by atoms with Crippen molar-refractivity contribution in [3.05, 3.63) is 77.9 Å². The Kier molecular flexibility index (Phi) is 3.19. The Labute approximate surface area is 135 Å². The molecule has 3 nitrogen and oxygen atoms in total. The summed E-state index contributed by atoms with van der Waals surface area (Å²) >= 11 is 0. The van der Waals surface area contributed by atoms with Crippen LogP contribution in [0.2, 0.25) is 0 Å². The molecule has 3 heteroatoms. The average molecular weight is 303 g/mol. The Hall–Kier alpha value is -2.94. The lowest BCUT2D eigenvalue weighted by molar-refractivity contribution is 0.242. The van der Waals surface area contributed by atoms with E-state index in [1.165, 1.54) is 0 Å². The van der Waals surface area contributed by atoms with Crippen LogP contribution in [0.4, 0.5) is 5.69 Å². The Bertz CT molecular complexity index is 859. The summed E-state index contributed by atoms with van der Waals surface area (Å²) in [5.74, 6) is 1.63. The zero-order valence-corrected chi connectivity index (χ0v) is 12.8. The molecule has 4 rings (SSSR count). The molecule has 0 saturated carbocycles. The maximum Gasteiger partial charge on any atom is 0.150 e. The molecule has 1 aliphatic heterocycles. The molecule has 3 aromatic carbocycles. The van der Waals surface area contributed by atoms with Crippen LogP contribution in [0.25, 0.3) is 11.1 Å². The highest BCUT2D eigenvalue weighted by atomic mass is 16.5. The fourth-order valence-electron chi connectivity index (χ4n) is 3.14. The Morgan fingerprint density at radius 3 is 2.57 bits per heavy atom. The maximum atomic E-state index is 6.31. The molecular weight excluding hydrogens is 286 g/mol. The van der Waals surface area contributed by atoms with Gasteiger partial charge in [-0.25, -0.2) is 0 Å². The molecule has 0 spiro atoms. The minimum atomic E-state index is -0.172. The van der Waals surface area contributed by atoms with Crippen molar-refractivity contribution < 1.29 is 9.47 Å². The maximum absolute atomic E-state index is 6.31. The summed E-state index contributed by atoms with van der Waals surface area (Å²) in [4.78, 5) is 0. The van der Waals surface area contributed by atoms with Crippen LogP contribution in [-0.4, -0.2) is 7.11 Å². The first-order valence-electron chi connectivity index (χ1n) is 7.56. The quantitative estimate of drug-likeness (QED) is 0.712. The molecule has 0 aromatic heterocycles. The summed E-state index contributed by atoms with van der Waals surface area (Å²) in [6, 6.07) is 22.0. The smallest absolute Gasteiger partial charge is 0.150 e. The van der Waals surface area contributed by atoms with E-state index in [0.717, 1.165) is 39.4 Å². The van der Waals surface area contributed by atoms with Crippen LogP contribution in [0.1, 0.15) is 17.2 Å². The standard InChI is InChI=1S/C20H17NO2/c1-22-17-8-5-9-18-19(17)15-11-10-14(21)12-16(15)20(23-18)13-6-3-2-4-7-13/h2-12,20H,21H2,1H3. The Morgan fingerprint density at radius 2 is 1.78 bits per heavy atom. The van der Waals surface area contributed by atoms with Crippen molar-refractivity contribution in [1.82, 2.24) is 0 Å². The largest absolute Gasteiger partial charge is 0.496 e. The van der Waals surface area contributed by atoms with Crippen LogP contribution in [0, 0.1) is 0 Å². The second kappa shape index (κ2) is 5.36. The van der Waals surface area contributed by atoms with Crippen LogP contribution in [0.3, 0.4) is 0 Å². The number of fused-ring (bicyclic) bond motifs is 3. The molecular formula is C20H17NO2. The van der Waals surface area contributed by atoms with Crippen molar-refractivity contribution in [3.8, 4) is 22.6 Å². The fourth-order valence-corrected chi connectivity index (χ4v) is 3.14. The van der Waals surface area contributed by atoms with E-state index in [0.29, 0.717) is 0 Å². The zero-order valence-electron chi connectivity index (χ0n) is 12.8. The number of benzene rings is 3. The molecule has 0 bridgehead atoms. The lowest BCUT2D eigenvalue weighted by Crippen LogP contribution is -2.16. The molecule has 23 heavy (non-hydrogen) atoms. The number of hydrogen-bond donors (Lipinski definition) is 1. The zero-order chi connectivity index (χ0) is 15.8. The summed E-state index contributed by atoms with van der Waals surface area (Å²) < 4.78 is 11.8. The van der Waals surface area contributed by atoms with Crippen LogP contribution < -0.4 is 15.2 Å². The molecule has 3 aromatic rings. The lowest BCUT2D eigenvalue weighted by Gasteiger charge is -2.30. The number of nitrogens with two attached hydrogens (primary N) is 1. The number of hydrogen-bond acceptors (Lipinski definition) is 3. The molecule has 0 aliphatic carbocycles. The van der Waals surface area contributed by atoms with Gasteiger partial charge in [0.2, 0.25) is 0 Å². The van der Waals surface area contributed by atoms with Crippen LogP contribution in [0.15, 0.2) is 66.7 Å². The third-order valence-corrected chi connectivity index (χ3v) is 4.18. The predicted octanol–water partition coefficient (Wildman–Crippen LogP) is 4.43. The highest BCUT2D eigenvalue weighted by molar-refractivity contribution is 5.82. The molecule has 114 valence electrons. The van der Waals surface area contributed by atoms with Gasteiger partial charge in [0.25, 0.3) is 0 Å². The highest BCUT2D eigenvalue weighted by Gasteiger charge is 2.29. The van der Waals surface area contributed by atoms with Gasteiger partial charge < -0.3 is 15.2 Å². The Balaban J connectivity index is 1.97. The second-order valence-corrected chi connectivity index (χ2v) is 5.59. The SMILES string of the molecule is COc1cccc2c1-c1ccc(N)cc1C(c1ccccc1)O2. The fraction of sp³-hybridized carbons (Fsp3) is 0.100. The molecule has 0 radical (unpaired) electrons. The van der Waals surface area contributed by atoms with Gasteiger partial charge in [-0.3, -0.25) is 0 Å². The monoisotopic (exact) mass is 303 g/mol. The second-order valence-electron chi connectivity index (χ2n) is 5.59. The van der Waals surface area contributed by atoms with Gasteiger partial charge in [0, 0.05) is 11.3 Å². The van der Waals surface area contributed by atoms with Crippen molar-refractivity contribution in [2.75, 3.05) is 12.8 Å². The molecule has 0 amide bonds. The number of methoxy groups -OCH3 is 1. The van der Waals surface area contributed by atoms with Gasteiger partial charge in [-0.05, 0) is 35.4 Å². The van der Waals surface area contributed by atoms with Crippen molar-refractivity contribution in [2.45, 2.75) is 6.10 Å². The van der Waals surface area contributed by atoms with E-state index in [4.69, 9.17) is 15.2 Å². The molecule has 1 atom stereocenters. The summed E-state index contributed by atoms with van der Waals surface area (Å²) in [5.41, 5.74) is 11.0. The van der Waals surface area contributed by atoms with Crippen molar-refractivity contribution in [3.63, 3.8) is 0 Å². The lowest BCUT2D eigenvalue weighted by atomic mass is 9.89. The van der Waals surface area contributed by atoms with Crippen LogP contribution in [-0.2, 0) is 0 Å². The molecule has 1 heterocycles. The molecule has 0 fully saturated rings. The topological polar surface area (TPSA) is 44.5 Å². The third kappa shape index (κ3) is 2.21. The first-order valence-corrected chi connectivity index (χ1v) is 7.56. The molecule has 1 unspecified atom stereocenters. The van der Waals surface area contributed by atoms with E-state index in [9.17, 15) is 0 Å². The van der Waals surface area contributed by atoms with E-state index in [1.54, 1.807) is 7.11 Å². The van der Waals surface area contributed by atoms with E-state index in [1.807, 2.05) is 54.6 Å². The highest BCUT2D eigenvalue weighted by Crippen LogP contribution is 2.49. The molecule has 2 N–H and O–H groups in total. The first kappa shape index (κ1) is 13.7. The number of nitrogen functional groups attached to an aromatic ring is 1. The minimum Gasteiger partial charge on any atom is -0.496 e. The van der Waals surface area contributed by atoms with Crippen molar-refractivity contribution in [1.29, 1.82) is 0 Å². The molecule has 0 saturated heterocycles. The normalized spacial score (nSPS) is 15.3. The number of rotatable bonds is 2. The van der Waals surface area contributed by atoms with Gasteiger partial charge in [0.15, 0.2) is 0 Å². The number of anilines is 1. The van der Waals surface area contributed by atoms with E-state index in [2.05, 4.69) is 12.1 Å². The van der Waals surface area contributed by atoms with Crippen molar-refractivity contribution >= 4 is 5.69 Å². The van der Waals surface area contributed by atoms with E-state index < -0.39 is 0 Å². The molecule has 1 aliphatic rings. The van der Waals surface area contributed by atoms with Gasteiger partial charge in [-0.2, -0.15) is 0 Å². The predicted molar refractivity (Wildman–Crippen MR) is 91.8 cm³/mol. The van der Waals surface area contributed by atoms with Gasteiger partial charge in [0.05, 0.1) is 12.7 Å². The van der Waals surface area contributed by atoms with E-state index in [-0.39, 0.29) is 6.10 Å². The Morgan fingerprint density at radius 1 is 0.957 bits per heavy atom. The van der Waals surface area contributed by atoms with Gasteiger partial charge >= 0.3 is 0 Å². The van der Waals surface area contributed by atoms with Gasteiger partial charge in [0.1, 0.15) is 17.6 Å². The van der Waals surface area contributed by atoms with Gasteiger partial charge in [-0.15, -0.1) is 0 Å². The van der Waals surface area contributed by atoms with Crippen LogP contribution >= 0.6 is 0 Å². The van der Waals surface area contributed by atoms with Crippen molar-refractivity contribution in [2.24, 2.45) is 0 Å². The summed E-state index contributed by atoms with van der Waals surface area (Å²) in [7, 11) is 1.68. The summed E-state index contributed by atoms with van der Waals surface area (Å²) in [6.07, 6.45) is -0.172. The number of ether oxygens (including phenoxy) is 2. The first-order chi connectivity index (χ1) is 11.3. The van der Waals surface area contributed by atoms with E-state index >= 15 is 0 Å². The van der Waals surface area contributed by atoms with Crippen LogP contribution in [0.5, 0.6) is 11.5 Å².